The summed E-state index contributed by atoms with van der Waals surface area (Å²) in [5.41, 5.74) is -1.45. The van der Waals surface area contributed by atoms with Crippen molar-refractivity contribution in [2.45, 2.75) is 30.8 Å². The van der Waals surface area contributed by atoms with E-state index in [4.69, 9.17) is 16.3 Å². The number of hydrogen-bond donors (Lipinski definition) is 1. The Labute approximate surface area is 199 Å². The van der Waals surface area contributed by atoms with Gasteiger partial charge in [0.15, 0.2) is 0 Å². The molecular weight excluding hydrogens is 497 g/mol. The maximum absolute atomic E-state index is 13.0. The topological polar surface area (TPSA) is 92.8 Å². The Morgan fingerprint density at radius 2 is 1.94 bits per heavy atom. The largest absolute Gasteiger partial charge is 0.466 e. The normalized spacial score (nSPS) is 16.7. The number of esters is 1. The third-order valence-corrected chi connectivity index (χ3v) is 6.95. The summed E-state index contributed by atoms with van der Waals surface area (Å²) in [6.45, 7) is 2.46. The average molecular weight is 519 g/mol. The van der Waals surface area contributed by atoms with E-state index in [9.17, 15) is 31.2 Å². The van der Waals surface area contributed by atoms with Gasteiger partial charge in [-0.2, -0.15) is 13.2 Å². The highest BCUT2D eigenvalue weighted by molar-refractivity contribution is 7.92. The van der Waals surface area contributed by atoms with Crippen molar-refractivity contribution >= 4 is 39.2 Å². The van der Waals surface area contributed by atoms with Crippen molar-refractivity contribution in [2.75, 3.05) is 24.4 Å². The van der Waals surface area contributed by atoms with Gasteiger partial charge in [0, 0.05) is 18.7 Å². The second-order valence-electron chi connectivity index (χ2n) is 7.67. The van der Waals surface area contributed by atoms with Gasteiger partial charge >= 0.3 is 12.1 Å². The van der Waals surface area contributed by atoms with Crippen LogP contribution in [0.25, 0.3) is 0 Å². The Bertz CT molecular complexity index is 1190. The molecular formula is C22H22ClF3N2O5S. The molecule has 2 aromatic rings. The number of anilines is 1. The van der Waals surface area contributed by atoms with Crippen molar-refractivity contribution in [1.82, 2.24) is 4.90 Å². The first-order valence-corrected chi connectivity index (χ1v) is 12.2. The molecule has 0 bridgehead atoms. The fourth-order valence-corrected chi connectivity index (χ4v) is 4.91. The summed E-state index contributed by atoms with van der Waals surface area (Å²) in [6.07, 6.45) is -3.52. The zero-order valence-corrected chi connectivity index (χ0v) is 19.6. The summed E-state index contributed by atoms with van der Waals surface area (Å²) in [5, 5.41) is -0.220. The molecule has 1 fully saturated rings. The summed E-state index contributed by atoms with van der Waals surface area (Å²) in [6, 6.07) is 7.38. The van der Waals surface area contributed by atoms with Crippen molar-refractivity contribution in [3.63, 3.8) is 0 Å². The Kier molecular flexibility index (Phi) is 7.77. The van der Waals surface area contributed by atoms with Crippen LogP contribution in [0.1, 0.15) is 35.7 Å². The lowest BCUT2D eigenvalue weighted by Crippen LogP contribution is -2.42. The molecule has 1 N–H and O–H groups in total. The van der Waals surface area contributed by atoms with Crippen molar-refractivity contribution in [3.8, 4) is 0 Å². The number of sulfonamides is 1. The number of nitrogens with one attached hydrogen (secondary N) is 1. The number of rotatable bonds is 6. The molecule has 1 aliphatic heterocycles. The molecule has 1 heterocycles. The van der Waals surface area contributed by atoms with Crippen LogP contribution in [0.3, 0.4) is 0 Å². The molecule has 1 amide bonds. The van der Waals surface area contributed by atoms with E-state index in [-0.39, 0.29) is 28.6 Å². The van der Waals surface area contributed by atoms with Crippen LogP contribution in [0.2, 0.25) is 5.02 Å². The SMILES string of the molecule is CCOC(=O)[C@H]1CCCN(C(=O)c2cccc(S(=O)(=O)Nc3cc(C(F)(F)F)ccc3Cl)c2)C1. The van der Waals surface area contributed by atoms with Gasteiger partial charge in [0.25, 0.3) is 15.9 Å². The van der Waals surface area contributed by atoms with Crippen molar-refractivity contribution in [2.24, 2.45) is 5.92 Å². The van der Waals surface area contributed by atoms with Gasteiger partial charge in [-0.05, 0) is 56.2 Å². The highest BCUT2D eigenvalue weighted by atomic mass is 35.5. The molecule has 1 aliphatic rings. The van der Waals surface area contributed by atoms with Gasteiger partial charge in [-0.15, -0.1) is 0 Å². The van der Waals surface area contributed by atoms with Gasteiger partial charge in [0.2, 0.25) is 0 Å². The summed E-state index contributed by atoms with van der Waals surface area (Å²) in [4.78, 5) is 26.2. The van der Waals surface area contributed by atoms with Crippen LogP contribution in [0, 0.1) is 5.92 Å². The molecule has 3 rings (SSSR count). The van der Waals surface area contributed by atoms with Crippen LogP contribution >= 0.6 is 11.6 Å². The van der Waals surface area contributed by atoms with Gasteiger partial charge in [-0.25, -0.2) is 8.42 Å². The van der Waals surface area contributed by atoms with E-state index < -0.39 is 45.2 Å². The Morgan fingerprint density at radius 1 is 1.21 bits per heavy atom. The molecule has 0 unspecified atom stereocenters. The van der Waals surface area contributed by atoms with E-state index in [0.717, 1.165) is 18.2 Å². The number of likely N-dealkylation sites (tertiary alicyclic amines) is 1. The minimum Gasteiger partial charge on any atom is -0.466 e. The molecule has 0 spiro atoms. The number of piperidine rings is 1. The predicted octanol–water partition coefficient (Wildman–Crippen LogP) is 4.57. The molecule has 7 nitrogen and oxygen atoms in total. The number of amides is 1. The second-order valence-corrected chi connectivity index (χ2v) is 9.76. The first-order chi connectivity index (χ1) is 15.9. The third kappa shape index (κ3) is 6.01. The standard InChI is InChI=1S/C22H22ClF3N2O5S/c1-2-33-21(30)15-6-4-10-28(13-15)20(29)14-5-3-7-17(11-14)34(31,32)27-19-12-16(22(24,25)26)8-9-18(19)23/h3,5,7-9,11-12,15,27H,2,4,6,10,13H2,1H3/t15-/m0/s1. The molecule has 0 radical (unpaired) electrons. The number of ether oxygens (including phenoxy) is 1. The van der Waals surface area contributed by atoms with Crippen molar-refractivity contribution < 1.29 is 35.9 Å². The van der Waals surface area contributed by atoms with Crippen LogP contribution in [-0.2, 0) is 25.7 Å². The fourth-order valence-electron chi connectivity index (χ4n) is 3.58. The predicted molar refractivity (Wildman–Crippen MR) is 119 cm³/mol. The van der Waals surface area contributed by atoms with Crippen molar-refractivity contribution in [1.29, 1.82) is 0 Å². The Morgan fingerprint density at radius 3 is 2.62 bits per heavy atom. The van der Waals surface area contributed by atoms with Crippen LogP contribution < -0.4 is 4.72 Å². The number of benzene rings is 2. The number of halogens is 4. The van der Waals surface area contributed by atoms with Gasteiger partial charge in [-0.3, -0.25) is 14.3 Å². The molecule has 184 valence electrons. The maximum Gasteiger partial charge on any atom is 0.416 e. The Balaban J connectivity index is 1.82. The summed E-state index contributed by atoms with van der Waals surface area (Å²) in [7, 11) is -4.36. The van der Waals surface area contributed by atoms with Crippen LogP contribution in [0.15, 0.2) is 47.4 Å². The second kappa shape index (κ2) is 10.2. The molecule has 1 saturated heterocycles. The molecule has 0 aromatic heterocycles. The minimum absolute atomic E-state index is 0.0579. The maximum atomic E-state index is 13.0. The van der Waals surface area contributed by atoms with Crippen LogP contribution in [0.5, 0.6) is 0 Å². The highest BCUT2D eigenvalue weighted by Crippen LogP contribution is 2.34. The van der Waals surface area contributed by atoms with E-state index in [0.29, 0.717) is 25.5 Å². The summed E-state index contributed by atoms with van der Waals surface area (Å²) < 4.78 is 71.8. The number of carbonyl (C=O) groups is 2. The lowest BCUT2D eigenvalue weighted by atomic mass is 9.97. The van der Waals surface area contributed by atoms with E-state index in [1.807, 2.05) is 0 Å². The third-order valence-electron chi connectivity index (χ3n) is 5.26. The quantitative estimate of drug-likeness (QED) is 0.565. The van der Waals surface area contributed by atoms with E-state index in [2.05, 4.69) is 4.72 Å². The lowest BCUT2D eigenvalue weighted by molar-refractivity contribution is -0.149. The van der Waals surface area contributed by atoms with E-state index >= 15 is 0 Å². The first kappa shape index (κ1) is 25.8. The fraction of sp³-hybridized carbons (Fsp3) is 0.364. The minimum atomic E-state index is -4.69. The number of hydrogen-bond acceptors (Lipinski definition) is 5. The first-order valence-electron chi connectivity index (χ1n) is 10.4. The van der Waals surface area contributed by atoms with Gasteiger partial charge < -0.3 is 9.64 Å². The number of nitrogens with zero attached hydrogens (tertiary/aromatic N) is 1. The summed E-state index contributed by atoms with van der Waals surface area (Å²) >= 11 is 5.89. The molecule has 0 saturated carbocycles. The molecule has 1 atom stereocenters. The molecule has 12 heteroatoms. The monoisotopic (exact) mass is 518 g/mol. The zero-order valence-electron chi connectivity index (χ0n) is 18.1. The molecule has 2 aromatic carbocycles. The smallest absolute Gasteiger partial charge is 0.416 e. The highest BCUT2D eigenvalue weighted by Gasteiger charge is 2.32. The molecule has 0 aliphatic carbocycles. The lowest BCUT2D eigenvalue weighted by Gasteiger charge is -2.31. The van der Waals surface area contributed by atoms with Crippen LogP contribution in [-0.4, -0.2) is 44.9 Å². The summed E-state index contributed by atoms with van der Waals surface area (Å²) in [5.74, 6) is -1.32. The average Bonchev–Trinajstić information content (AvgIpc) is 2.79. The number of carbonyl (C=O) groups excluding carboxylic acids is 2. The van der Waals surface area contributed by atoms with E-state index in [1.54, 1.807) is 6.92 Å². The van der Waals surface area contributed by atoms with Gasteiger partial charge in [0.05, 0.1) is 33.7 Å². The molecule has 34 heavy (non-hydrogen) atoms. The number of alkyl halides is 3. The zero-order chi connectivity index (χ0) is 25.1. The van der Waals surface area contributed by atoms with Crippen LogP contribution in [0.4, 0.5) is 18.9 Å². The Hall–Kier alpha value is -2.79. The van der Waals surface area contributed by atoms with E-state index in [1.165, 1.54) is 23.1 Å². The van der Waals surface area contributed by atoms with Gasteiger partial charge in [0.1, 0.15) is 0 Å². The van der Waals surface area contributed by atoms with Gasteiger partial charge in [-0.1, -0.05) is 17.7 Å². The van der Waals surface area contributed by atoms with Crippen molar-refractivity contribution in [3.05, 3.63) is 58.6 Å².